The van der Waals surface area contributed by atoms with Gasteiger partial charge in [-0.05, 0) is 45.4 Å². The predicted octanol–water partition coefficient (Wildman–Crippen LogP) is 1.81. The molecule has 0 heterocycles. The average molecular weight is 224 g/mol. The summed E-state index contributed by atoms with van der Waals surface area (Å²) in [6, 6.07) is 0.368. The van der Waals surface area contributed by atoms with Crippen LogP contribution in [-0.4, -0.2) is 18.0 Å². The molecule has 3 unspecified atom stereocenters. The Kier molecular flexibility index (Phi) is 3.24. The van der Waals surface area contributed by atoms with Crippen LogP contribution in [0.5, 0.6) is 0 Å². The molecule has 2 saturated carbocycles. The SMILES string of the molecule is CC(NC(=O)C1(C)CCCC1N)C1CCC1. The normalized spacial score (nSPS) is 36.8. The van der Waals surface area contributed by atoms with Gasteiger partial charge in [-0.3, -0.25) is 4.79 Å². The van der Waals surface area contributed by atoms with Crippen LogP contribution in [-0.2, 0) is 4.79 Å². The van der Waals surface area contributed by atoms with Crippen molar-refractivity contribution in [1.82, 2.24) is 5.32 Å². The summed E-state index contributed by atoms with van der Waals surface area (Å²) in [5, 5.41) is 3.18. The smallest absolute Gasteiger partial charge is 0.227 e. The molecule has 0 saturated heterocycles. The highest BCUT2D eigenvalue weighted by Crippen LogP contribution is 2.37. The molecule has 0 aliphatic heterocycles. The van der Waals surface area contributed by atoms with E-state index in [-0.39, 0.29) is 17.4 Å². The van der Waals surface area contributed by atoms with Gasteiger partial charge in [0.1, 0.15) is 0 Å². The van der Waals surface area contributed by atoms with Crippen molar-refractivity contribution in [3.8, 4) is 0 Å². The van der Waals surface area contributed by atoms with E-state index in [1.165, 1.54) is 19.3 Å². The molecule has 2 fully saturated rings. The first-order chi connectivity index (χ1) is 7.54. The molecule has 92 valence electrons. The van der Waals surface area contributed by atoms with Crippen LogP contribution in [0.3, 0.4) is 0 Å². The quantitative estimate of drug-likeness (QED) is 0.768. The summed E-state index contributed by atoms with van der Waals surface area (Å²) >= 11 is 0. The van der Waals surface area contributed by atoms with Gasteiger partial charge in [-0.15, -0.1) is 0 Å². The number of nitrogens with one attached hydrogen (secondary N) is 1. The Morgan fingerprint density at radius 3 is 2.50 bits per heavy atom. The number of nitrogens with two attached hydrogens (primary N) is 1. The van der Waals surface area contributed by atoms with Gasteiger partial charge < -0.3 is 11.1 Å². The van der Waals surface area contributed by atoms with Crippen LogP contribution in [0.2, 0.25) is 0 Å². The van der Waals surface area contributed by atoms with Crippen LogP contribution < -0.4 is 11.1 Å². The van der Waals surface area contributed by atoms with Crippen molar-refractivity contribution in [2.45, 2.75) is 64.5 Å². The Hall–Kier alpha value is -0.570. The molecule has 0 aromatic carbocycles. The molecule has 16 heavy (non-hydrogen) atoms. The van der Waals surface area contributed by atoms with Crippen molar-refractivity contribution in [3.63, 3.8) is 0 Å². The van der Waals surface area contributed by atoms with Crippen molar-refractivity contribution in [1.29, 1.82) is 0 Å². The first-order valence-corrected chi connectivity index (χ1v) is 6.60. The number of hydrogen-bond donors (Lipinski definition) is 2. The van der Waals surface area contributed by atoms with Crippen molar-refractivity contribution in [3.05, 3.63) is 0 Å². The Labute approximate surface area is 98.2 Å². The minimum Gasteiger partial charge on any atom is -0.353 e. The van der Waals surface area contributed by atoms with Gasteiger partial charge in [-0.1, -0.05) is 12.8 Å². The van der Waals surface area contributed by atoms with E-state index in [1.54, 1.807) is 0 Å². The summed E-state index contributed by atoms with van der Waals surface area (Å²) in [5.74, 6) is 0.877. The fraction of sp³-hybridized carbons (Fsp3) is 0.923. The molecule has 0 aromatic heterocycles. The van der Waals surface area contributed by atoms with E-state index in [0.29, 0.717) is 12.0 Å². The third kappa shape index (κ3) is 1.97. The molecule has 2 rings (SSSR count). The van der Waals surface area contributed by atoms with Gasteiger partial charge in [-0.25, -0.2) is 0 Å². The third-order valence-electron chi connectivity index (χ3n) is 4.76. The molecule has 3 heteroatoms. The summed E-state index contributed by atoms with van der Waals surface area (Å²) in [6.45, 7) is 4.15. The molecule has 3 nitrogen and oxygen atoms in total. The fourth-order valence-electron chi connectivity index (χ4n) is 2.90. The molecule has 0 spiro atoms. The van der Waals surface area contributed by atoms with Gasteiger partial charge in [0.05, 0.1) is 5.41 Å². The lowest BCUT2D eigenvalue weighted by molar-refractivity contribution is -0.131. The van der Waals surface area contributed by atoms with Gasteiger partial charge in [0.15, 0.2) is 0 Å². The standard InChI is InChI=1S/C13H24N2O/c1-9(10-5-3-6-10)15-12(16)13(2)8-4-7-11(13)14/h9-11H,3-8,14H2,1-2H3,(H,15,16). The van der Waals surface area contributed by atoms with E-state index in [1.807, 2.05) is 6.92 Å². The first-order valence-electron chi connectivity index (χ1n) is 6.60. The average Bonchev–Trinajstić information content (AvgIpc) is 2.45. The molecule has 3 atom stereocenters. The van der Waals surface area contributed by atoms with Crippen molar-refractivity contribution in [2.24, 2.45) is 17.1 Å². The van der Waals surface area contributed by atoms with Crippen LogP contribution >= 0.6 is 0 Å². The first kappa shape index (κ1) is 11.9. The summed E-state index contributed by atoms with van der Waals surface area (Å²) < 4.78 is 0. The molecular formula is C13H24N2O. The summed E-state index contributed by atoms with van der Waals surface area (Å²) in [6.07, 6.45) is 6.87. The lowest BCUT2D eigenvalue weighted by atomic mass is 9.79. The van der Waals surface area contributed by atoms with E-state index in [0.717, 1.165) is 19.3 Å². The van der Waals surface area contributed by atoms with Crippen LogP contribution in [0.15, 0.2) is 0 Å². The molecule has 2 aliphatic carbocycles. The molecular weight excluding hydrogens is 200 g/mol. The molecule has 3 N–H and O–H groups in total. The number of hydrogen-bond acceptors (Lipinski definition) is 2. The van der Waals surface area contributed by atoms with Crippen molar-refractivity contribution in [2.75, 3.05) is 0 Å². The lowest BCUT2D eigenvalue weighted by Gasteiger charge is -2.35. The van der Waals surface area contributed by atoms with Gasteiger partial charge >= 0.3 is 0 Å². The van der Waals surface area contributed by atoms with Gasteiger partial charge in [0.2, 0.25) is 5.91 Å². The Morgan fingerprint density at radius 2 is 2.06 bits per heavy atom. The predicted molar refractivity (Wildman–Crippen MR) is 64.9 cm³/mol. The minimum atomic E-state index is -0.321. The maximum Gasteiger partial charge on any atom is 0.227 e. The highest BCUT2D eigenvalue weighted by Gasteiger charge is 2.43. The van der Waals surface area contributed by atoms with Crippen LogP contribution in [0.25, 0.3) is 0 Å². The van der Waals surface area contributed by atoms with E-state index in [9.17, 15) is 4.79 Å². The largest absolute Gasteiger partial charge is 0.353 e. The van der Waals surface area contributed by atoms with Gasteiger partial charge in [-0.2, -0.15) is 0 Å². The maximum atomic E-state index is 12.2. The van der Waals surface area contributed by atoms with Crippen LogP contribution in [0.1, 0.15) is 52.4 Å². The Balaban J connectivity index is 1.91. The van der Waals surface area contributed by atoms with E-state index in [2.05, 4.69) is 12.2 Å². The highest BCUT2D eigenvalue weighted by molar-refractivity contribution is 5.83. The number of carbonyl (C=O) groups excluding carboxylic acids is 1. The number of amides is 1. The second-order valence-corrected chi connectivity index (χ2v) is 5.87. The lowest BCUT2D eigenvalue weighted by Crippen LogP contribution is -2.51. The van der Waals surface area contributed by atoms with E-state index < -0.39 is 0 Å². The number of rotatable bonds is 3. The van der Waals surface area contributed by atoms with Crippen molar-refractivity contribution >= 4 is 5.91 Å². The topological polar surface area (TPSA) is 55.1 Å². The zero-order chi connectivity index (χ0) is 11.8. The second kappa shape index (κ2) is 4.36. The Bertz CT molecular complexity index is 275. The monoisotopic (exact) mass is 224 g/mol. The minimum absolute atomic E-state index is 0.0427. The number of carbonyl (C=O) groups is 1. The van der Waals surface area contributed by atoms with Crippen LogP contribution in [0.4, 0.5) is 0 Å². The molecule has 0 bridgehead atoms. The second-order valence-electron chi connectivity index (χ2n) is 5.87. The molecule has 2 aliphatic rings. The molecule has 0 aromatic rings. The Morgan fingerprint density at radius 1 is 1.38 bits per heavy atom. The maximum absolute atomic E-state index is 12.2. The van der Waals surface area contributed by atoms with Gasteiger partial charge in [0, 0.05) is 12.1 Å². The molecule has 1 amide bonds. The zero-order valence-corrected chi connectivity index (χ0v) is 10.5. The van der Waals surface area contributed by atoms with Crippen LogP contribution in [0, 0.1) is 11.3 Å². The van der Waals surface area contributed by atoms with E-state index in [4.69, 9.17) is 5.73 Å². The zero-order valence-electron chi connectivity index (χ0n) is 10.5. The van der Waals surface area contributed by atoms with Gasteiger partial charge in [0.25, 0.3) is 0 Å². The third-order valence-corrected chi connectivity index (χ3v) is 4.76. The van der Waals surface area contributed by atoms with Crippen molar-refractivity contribution < 1.29 is 4.79 Å². The molecule has 0 radical (unpaired) electrons. The summed E-state index contributed by atoms with van der Waals surface area (Å²) in [5.41, 5.74) is 5.73. The highest BCUT2D eigenvalue weighted by atomic mass is 16.2. The fourth-order valence-corrected chi connectivity index (χ4v) is 2.90. The summed E-state index contributed by atoms with van der Waals surface area (Å²) in [4.78, 5) is 12.2. The summed E-state index contributed by atoms with van der Waals surface area (Å²) in [7, 11) is 0. The van der Waals surface area contributed by atoms with E-state index >= 15 is 0 Å².